The molecule has 0 saturated carbocycles. The van der Waals surface area contributed by atoms with Gasteiger partial charge in [0.25, 0.3) is 0 Å². The molecule has 1 aromatic carbocycles. The van der Waals surface area contributed by atoms with Crippen LogP contribution in [0.5, 0.6) is 5.75 Å². The lowest BCUT2D eigenvalue weighted by Gasteiger charge is -2.33. The molecule has 0 spiro atoms. The third kappa shape index (κ3) is 3.71. The van der Waals surface area contributed by atoms with Crippen molar-refractivity contribution < 1.29 is 9.53 Å². The number of aromatic nitrogens is 1. The SMILES string of the molecule is COc1ccccc1-c1nc(CN2CCN(C(C)=O)CC2)cs1. The van der Waals surface area contributed by atoms with E-state index in [9.17, 15) is 4.79 Å². The van der Waals surface area contributed by atoms with Gasteiger partial charge in [0.2, 0.25) is 5.91 Å². The summed E-state index contributed by atoms with van der Waals surface area (Å²) in [6.45, 7) is 5.88. The molecule has 0 aliphatic carbocycles. The lowest BCUT2D eigenvalue weighted by atomic mass is 10.2. The molecular weight excluding hydrogens is 310 g/mol. The molecule has 1 aromatic heterocycles. The van der Waals surface area contributed by atoms with Crippen molar-refractivity contribution in [2.45, 2.75) is 13.5 Å². The van der Waals surface area contributed by atoms with E-state index in [2.05, 4.69) is 10.3 Å². The summed E-state index contributed by atoms with van der Waals surface area (Å²) >= 11 is 1.64. The molecule has 0 N–H and O–H groups in total. The minimum absolute atomic E-state index is 0.164. The summed E-state index contributed by atoms with van der Waals surface area (Å²) in [4.78, 5) is 20.4. The lowest BCUT2D eigenvalue weighted by Crippen LogP contribution is -2.47. The lowest BCUT2D eigenvalue weighted by molar-refractivity contribution is -0.130. The topological polar surface area (TPSA) is 45.7 Å². The van der Waals surface area contributed by atoms with Crippen molar-refractivity contribution in [1.29, 1.82) is 0 Å². The molecule has 1 aliphatic rings. The molecule has 1 amide bonds. The third-order valence-electron chi connectivity index (χ3n) is 4.09. The van der Waals surface area contributed by atoms with E-state index in [-0.39, 0.29) is 5.91 Å². The van der Waals surface area contributed by atoms with Gasteiger partial charge in [-0.05, 0) is 12.1 Å². The van der Waals surface area contributed by atoms with Crippen LogP contribution in [0.4, 0.5) is 0 Å². The molecule has 0 unspecified atom stereocenters. The van der Waals surface area contributed by atoms with E-state index in [0.717, 1.165) is 54.7 Å². The normalized spacial score (nSPS) is 15.7. The van der Waals surface area contributed by atoms with E-state index in [4.69, 9.17) is 9.72 Å². The number of hydrogen-bond donors (Lipinski definition) is 0. The maximum absolute atomic E-state index is 11.4. The number of rotatable bonds is 4. The van der Waals surface area contributed by atoms with E-state index in [1.807, 2.05) is 29.2 Å². The summed E-state index contributed by atoms with van der Waals surface area (Å²) in [5, 5.41) is 3.10. The highest BCUT2D eigenvalue weighted by Crippen LogP contribution is 2.32. The minimum Gasteiger partial charge on any atom is -0.496 e. The van der Waals surface area contributed by atoms with Crippen LogP contribution in [-0.2, 0) is 11.3 Å². The molecule has 2 heterocycles. The van der Waals surface area contributed by atoms with E-state index in [0.29, 0.717) is 0 Å². The zero-order chi connectivity index (χ0) is 16.2. The number of nitrogens with zero attached hydrogens (tertiary/aromatic N) is 3. The van der Waals surface area contributed by atoms with Gasteiger partial charge in [0.1, 0.15) is 10.8 Å². The molecule has 3 rings (SSSR count). The largest absolute Gasteiger partial charge is 0.496 e. The van der Waals surface area contributed by atoms with Crippen molar-refractivity contribution in [2.24, 2.45) is 0 Å². The van der Waals surface area contributed by atoms with Crippen molar-refractivity contribution in [3.05, 3.63) is 35.3 Å². The Morgan fingerprint density at radius 2 is 2.00 bits per heavy atom. The number of benzene rings is 1. The summed E-state index contributed by atoms with van der Waals surface area (Å²) in [6, 6.07) is 7.95. The third-order valence-corrected chi connectivity index (χ3v) is 5.02. The number of ether oxygens (including phenoxy) is 1. The van der Waals surface area contributed by atoms with E-state index < -0.39 is 0 Å². The molecule has 2 aromatic rings. The molecule has 0 bridgehead atoms. The Kier molecular flexibility index (Phi) is 4.93. The molecule has 1 saturated heterocycles. The van der Waals surface area contributed by atoms with Crippen LogP contribution in [0, 0.1) is 0 Å². The number of carbonyl (C=O) groups is 1. The number of thiazole rings is 1. The van der Waals surface area contributed by atoms with Gasteiger partial charge in [-0.15, -0.1) is 11.3 Å². The molecule has 5 nitrogen and oxygen atoms in total. The van der Waals surface area contributed by atoms with Gasteiger partial charge in [-0.1, -0.05) is 12.1 Å². The standard InChI is InChI=1S/C17H21N3O2S/c1-13(21)20-9-7-19(8-10-20)11-14-12-23-17(18-14)15-5-3-4-6-16(15)22-2/h3-6,12H,7-11H2,1-2H3. The van der Waals surface area contributed by atoms with Crippen LogP contribution in [0.25, 0.3) is 10.6 Å². The molecule has 1 aliphatic heterocycles. The first-order valence-electron chi connectivity index (χ1n) is 7.73. The number of methoxy groups -OCH3 is 1. The van der Waals surface area contributed by atoms with Gasteiger partial charge in [0.15, 0.2) is 0 Å². The van der Waals surface area contributed by atoms with Crippen LogP contribution in [0.2, 0.25) is 0 Å². The van der Waals surface area contributed by atoms with E-state index in [1.54, 1.807) is 25.4 Å². The molecule has 0 radical (unpaired) electrons. The maximum Gasteiger partial charge on any atom is 0.219 e. The van der Waals surface area contributed by atoms with Gasteiger partial charge in [0.05, 0.1) is 18.4 Å². The molecular formula is C17H21N3O2S. The molecule has 0 atom stereocenters. The van der Waals surface area contributed by atoms with Gasteiger partial charge in [-0.2, -0.15) is 0 Å². The number of carbonyl (C=O) groups excluding carboxylic acids is 1. The fourth-order valence-corrected chi connectivity index (χ4v) is 3.62. The Balaban J connectivity index is 1.65. The fourth-order valence-electron chi connectivity index (χ4n) is 2.77. The Bertz CT molecular complexity index is 678. The van der Waals surface area contributed by atoms with Gasteiger partial charge in [0, 0.05) is 45.0 Å². The summed E-state index contributed by atoms with van der Waals surface area (Å²) in [7, 11) is 1.68. The van der Waals surface area contributed by atoms with Crippen LogP contribution >= 0.6 is 11.3 Å². The highest BCUT2D eigenvalue weighted by Gasteiger charge is 2.19. The number of hydrogen-bond acceptors (Lipinski definition) is 5. The average molecular weight is 331 g/mol. The van der Waals surface area contributed by atoms with Gasteiger partial charge >= 0.3 is 0 Å². The molecule has 1 fully saturated rings. The molecule has 23 heavy (non-hydrogen) atoms. The van der Waals surface area contributed by atoms with Crippen molar-refractivity contribution in [1.82, 2.24) is 14.8 Å². The van der Waals surface area contributed by atoms with E-state index in [1.165, 1.54) is 0 Å². The van der Waals surface area contributed by atoms with Crippen molar-refractivity contribution in [3.63, 3.8) is 0 Å². The van der Waals surface area contributed by atoms with E-state index >= 15 is 0 Å². The van der Waals surface area contributed by atoms with Crippen molar-refractivity contribution in [3.8, 4) is 16.3 Å². The first-order chi connectivity index (χ1) is 11.2. The average Bonchev–Trinajstić information content (AvgIpc) is 3.03. The van der Waals surface area contributed by atoms with Crippen molar-refractivity contribution >= 4 is 17.2 Å². The Morgan fingerprint density at radius 3 is 2.70 bits per heavy atom. The Labute approximate surface area is 140 Å². The maximum atomic E-state index is 11.4. The predicted molar refractivity (Wildman–Crippen MR) is 91.6 cm³/mol. The monoisotopic (exact) mass is 331 g/mol. The second-order valence-corrected chi connectivity index (χ2v) is 6.48. The number of amides is 1. The van der Waals surface area contributed by atoms with Crippen molar-refractivity contribution in [2.75, 3.05) is 33.3 Å². The first kappa shape index (κ1) is 16.0. The zero-order valence-corrected chi connectivity index (χ0v) is 14.3. The summed E-state index contributed by atoms with van der Waals surface area (Å²) in [5.74, 6) is 1.01. The van der Waals surface area contributed by atoms with Crippen LogP contribution in [0.1, 0.15) is 12.6 Å². The highest BCUT2D eigenvalue weighted by molar-refractivity contribution is 7.13. The summed E-state index contributed by atoms with van der Waals surface area (Å²) in [6.07, 6.45) is 0. The predicted octanol–water partition coefficient (Wildman–Crippen LogP) is 2.48. The Hall–Kier alpha value is -1.92. The Morgan fingerprint density at radius 1 is 1.26 bits per heavy atom. The minimum atomic E-state index is 0.164. The summed E-state index contributed by atoms with van der Waals surface area (Å²) in [5.41, 5.74) is 2.11. The smallest absolute Gasteiger partial charge is 0.219 e. The van der Waals surface area contributed by atoms with Gasteiger partial charge in [-0.25, -0.2) is 4.98 Å². The quantitative estimate of drug-likeness (QED) is 0.863. The van der Waals surface area contributed by atoms with Gasteiger partial charge in [-0.3, -0.25) is 9.69 Å². The zero-order valence-electron chi connectivity index (χ0n) is 13.5. The molecule has 122 valence electrons. The second kappa shape index (κ2) is 7.10. The van der Waals surface area contributed by atoms with Gasteiger partial charge < -0.3 is 9.64 Å². The molecule has 6 heteroatoms. The van der Waals surface area contributed by atoms with Crippen LogP contribution in [0.3, 0.4) is 0 Å². The highest BCUT2D eigenvalue weighted by atomic mass is 32.1. The first-order valence-corrected chi connectivity index (χ1v) is 8.61. The second-order valence-electron chi connectivity index (χ2n) is 5.63. The van der Waals surface area contributed by atoms with Crippen LogP contribution < -0.4 is 4.74 Å². The number of piperazine rings is 1. The van der Waals surface area contributed by atoms with Crippen LogP contribution in [0.15, 0.2) is 29.6 Å². The number of para-hydroxylation sites is 1. The van der Waals surface area contributed by atoms with Crippen LogP contribution in [-0.4, -0.2) is 54.0 Å². The fraction of sp³-hybridized carbons (Fsp3) is 0.412. The summed E-state index contributed by atoms with van der Waals surface area (Å²) < 4.78 is 5.41.